The van der Waals surface area contributed by atoms with E-state index in [0.717, 1.165) is 36.8 Å². The van der Waals surface area contributed by atoms with Crippen molar-refractivity contribution in [3.63, 3.8) is 0 Å². The third-order valence-corrected chi connectivity index (χ3v) is 2.96. The molecule has 1 N–H and O–H groups in total. The van der Waals surface area contributed by atoms with Gasteiger partial charge in [-0.2, -0.15) is 0 Å². The highest BCUT2D eigenvalue weighted by molar-refractivity contribution is 7.07. The minimum absolute atomic E-state index is 0.896. The van der Waals surface area contributed by atoms with Gasteiger partial charge in [0.2, 0.25) is 5.95 Å². The lowest BCUT2D eigenvalue weighted by molar-refractivity contribution is 0.691. The van der Waals surface area contributed by atoms with Gasteiger partial charge in [0, 0.05) is 31.1 Å². The number of rotatable bonds is 5. The third kappa shape index (κ3) is 2.61. The maximum atomic E-state index is 4.43. The lowest BCUT2D eigenvalue weighted by Gasteiger charge is -2.06. The van der Waals surface area contributed by atoms with Crippen molar-refractivity contribution in [2.75, 3.05) is 11.9 Å². The van der Waals surface area contributed by atoms with Crippen molar-refractivity contribution >= 4 is 17.3 Å². The van der Waals surface area contributed by atoms with Crippen molar-refractivity contribution in [1.29, 1.82) is 0 Å². The lowest BCUT2D eigenvalue weighted by Crippen LogP contribution is -2.08. The molecule has 0 aromatic carbocycles. The molecule has 5 heteroatoms. The Kier molecular flexibility index (Phi) is 3.56. The van der Waals surface area contributed by atoms with Crippen LogP contribution < -0.4 is 5.32 Å². The van der Waals surface area contributed by atoms with Gasteiger partial charge in [0.1, 0.15) is 0 Å². The molecule has 2 aromatic heterocycles. The van der Waals surface area contributed by atoms with Crippen LogP contribution in [-0.4, -0.2) is 21.1 Å². The largest absolute Gasteiger partial charge is 0.356 e. The molecular weight excluding hydrogens is 220 g/mol. The molecule has 0 unspecified atom stereocenters. The van der Waals surface area contributed by atoms with E-state index in [1.54, 1.807) is 11.3 Å². The number of anilines is 1. The van der Waals surface area contributed by atoms with Crippen molar-refractivity contribution < 1.29 is 0 Å². The van der Waals surface area contributed by atoms with Crippen LogP contribution in [-0.2, 0) is 13.0 Å². The fourth-order valence-electron chi connectivity index (χ4n) is 1.61. The van der Waals surface area contributed by atoms with Gasteiger partial charge in [-0.05, 0) is 13.8 Å². The summed E-state index contributed by atoms with van der Waals surface area (Å²) >= 11 is 1.64. The maximum Gasteiger partial charge on any atom is 0.203 e. The highest BCUT2D eigenvalue weighted by Gasteiger charge is 2.04. The minimum Gasteiger partial charge on any atom is -0.356 e. The van der Waals surface area contributed by atoms with Gasteiger partial charge < -0.3 is 9.88 Å². The summed E-state index contributed by atoms with van der Waals surface area (Å²) in [5, 5.41) is 5.36. The summed E-state index contributed by atoms with van der Waals surface area (Å²) in [4.78, 5) is 8.71. The smallest absolute Gasteiger partial charge is 0.203 e. The van der Waals surface area contributed by atoms with Gasteiger partial charge in [0.05, 0.1) is 16.9 Å². The SMILES string of the molecule is CCNc1nc(C)cn1CCc1cscn1. The Labute approximate surface area is 99.4 Å². The van der Waals surface area contributed by atoms with Crippen molar-refractivity contribution in [1.82, 2.24) is 14.5 Å². The molecule has 0 saturated heterocycles. The summed E-state index contributed by atoms with van der Waals surface area (Å²) in [5.74, 6) is 0.954. The van der Waals surface area contributed by atoms with E-state index in [1.165, 1.54) is 0 Å². The van der Waals surface area contributed by atoms with E-state index in [1.807, 2.05) is 12.4 Å². The second-order valence-electron chi connectivity index (χ2n) is 3.66. The van der Waals surface area contributed by atoms with E-state index in [2.05, 4.69) is 38.4 Å². The van der Waals surface area contributed by atoms with Crippen molar-refractivity contribution in [3.05, 3.63) is 28.5 Å². The molecule has 0 aliphatic rings. The van der Waals surface area contributed by atoms with Crippen LogP contribution in [0.5, 0.6) is 0 Å². The predicted molar refractivity (Wildman–Crippen MR) is 66.9 cm³/mol. The highest BCUT2D eigenvalue weighted by Crippen LogP contribution is 2.10. The van der Waals surface area contributed by atoms with Gasteiger partial charge in [-0.15, -0.1) is 11.3 Å². The van der Waals surface area contributed by atoms with E-state index in [4.69, 9.17) is 0 Å². The molecule has 2 rings (SSSR count). The second-order valence-corrected chi connectivity index (χ2v) is 4.38. The first-order chi connectivity index (χ1) is 7.79. The van der Waals surface area contributed by atoms with Gasteiger partial charge in [-0.25, -0.2) is 9.97 Å². The number of aryl methyl sites for hydroxylation is 3. The monoisotopic (exact) mass is 236 g/mol. The van der Waals surface area contributed by atoms with Gasteiger partial charge in [-0.3, -0.25) is 0 Å². The molecule has 86 valence electrons. The first-order valence-electron chi connectivity index (χ1n) is 5.44. The molecule has 0 amide bonds. The molecule has 0 bridgehead atoms. The molecule has 0 spiro atoms. The van der Waals surface area contributed by atoms with Crippen LogP contribution in [0.1, 0.15) is 18.3 Å². The standard InChI is InChI=1S/C11H16N4S/c1-3-12-11-14-9(2)6-15(11)5-4-10-7-16-8-13-10/h6-8H,3-5H2,1-2H3,(H,12,14). The van der Waals surface area contributed by atoms with Crippen molar-refractivity contribution in [3.8, 4) is 0 Å². The predicted octanol–water partition coefficient (Wildman–Crippen LogP) is 2.32. The van der Waals surface area contributed by atoms with Crippen LogP contribution in [0.15, 0.2) is 17.1 Å². The molecule has 0 aliphatic carbocycles. The first-order valence-corrected chi connectivity index (χ1v) is 6.38. The van der Waals surface area contributed by atoms with Crippen LogP contribution in [0.25, 0.3) is 0 Å². The zero-order chi connectivity index (χ0) is 11.4. The van der Waals surface area contributed by atoms with Gasteiger partial charge in [-0.1, -0.05) is 0 Å². The Bertz CT molecular complexity index is 433. The third-order valence-electron chi connectivity index (χ3n) is 2.32. The van der Waals surface area contributed by atoms with Crippen LogP contribution in [0.2, 0.25) is 0 Å². The number of nitrogens with zero attached hydrogens (tertiary/aromatic N) is 3. The molecule has 0 fully saturated rings. The minimum atomic E-state index is 0.896. The lowest BCUT2D eigenvalue weighted by atomic mass is 10.3. The molecule has 0 saturated carbocycles. The average molecular weight is 236 g/mol. The molecule has 2 aromatic rings. The molecule has 0 radical (unpaired) electrons. The van der Waals surface area contributed by atoms with Crippen LogP contribution in [0, 0.1) is 6.92 Å². The number of aromatic nitrogens is 3. The number of imidazole rings is 1. The van der Waals surface area contributed by atoms with Crippen LogP contribution >= 0.6 is 11.3 Å². The topological polar surface area (TPSA) is 42.7 Å². The van der Waals surface area contributed by atoms with E-state index in [9.17, 15) is 0 Å². The zero-order valence-electron chi connectivity index (χ0n) is 9.60. The number of nitrogens with one attached hydrogen (secondary N) is 1. The first kappa shape index (κ1) is 11.1. The molecule has 16 heavy (non-hydrogen) atoms. The normalized spacial score (nSPS) is 10.6. The zero-order valence-corrected chi connectivity index (χ0v) is 10.4. The number of hydrogen-bond donors (Lipinski definition) is 1. The molecule has 0 aliphatic heterocycles. The Hall–Kier alpha value is -1.36. The Morgan fingerprint density at radius 1 is 1.50 bits per heavy atom. The number of thiazole rings is 1. The van der Waals surface area contributed by atoms with E-state index in [0.29, 0.717) is 0 Å². The maximum absolute atomic E-state index is 4.43. The van der Waals surface area contributed by atoms with E-state index >= 15 is 0 Å². The van der Waals surface area contributed by atoms with Gasteiger partial charge in [0.25, 0.3) is 0 Å². The second kappa shape index (κ2) is 5.12. The summed E-state index contributed by atoms with van der Waals surface area (Å²) in [7, 11) is 0. The van der Waals surface area contributed by atoms with Crippen LogP contribution in [0.4, 0.5) is 5.95 Å². The summed E-state index contributed by atoms with van der Waals surface area (Å²) in [5.41, 5.74) is 4.08. The Balaban J connectivity index is 2.02. The molecule has 4 nitrogen and oxygen atoms in total. The van der Waals surface area contributed by atoms with Crippen molar-refractivity contribution in [2.45, 2.75) is 26.8 Å². The molecular formula is C11H16N4S. The Morgan fingerprint density at radius 2 is 2.38 bits per heavy atom. The fraction of sp³-hybridized carbons (Fsp3) is 0.455. The van der Waals surface area contributed by atoms with E-state index < -0.39 is 0 Å². The molecule has 2 heterocycles. The molecule has 0 atom stereocenters. The van der Waals surface area contributed by atoms with Crippen molar-refractivity contribution in [2.24, 2.45) is 0 Å². The van der Waals surface area contributed by atoms with Gasteiger partial charge in [0.15, 0.2) is 0 Å². The quantitative estimate of drug-likeness (QED) is 0.866. The van der Waals surface area contributed by atoms with Crippen LogP contribution in [0.3, 0.4) is 0 Å². The van der Waals surface area contributed by atoms with E-state index in [-0.39, 0.29) is 0 Å². The fourth-order valence-corrected chi connectivity index (χ4v) is 2.21. The average Bonchev–Trinajstić information content (AvgIpc) is 2.86. The highest BCUT2D eigenvalue weighted by atomic mass is 32.1. The van der Waals surface area contributed by atoms with Gasteiger partial charge >= 0.3 is 0 Å². The summed E-state index contributed by atoms with van der Waals surface area (Å²) < 4.78 is 2.15. The number of hydrogen-bond acceptors (Lipinski definition) is 4. The summed E-state index contributed by atoms with van der Waals surface area (Å²) in [6.07, 6.45) is 3.03. The summed E-state index contributed by atoms with van der Waals surface area (Å²) in [6, 6.07) is 0. The summed E-state index contributed by atoms with van der Waals surface area (Å²) in [6.45, 7) is 5.91. The Morgan fingerprint density at radius 3 is 3.06 bits per heavy atom.